The highest BCUT2D eigenvalue weighted by Gasteiger charge is 2.02. The molecule has 0 saturated carbocycles. The number of hydrogen-bond donors (Lipinski definition) is 0. The lowest BCUT2D eigenvalue weighted by Gasteiger charge is -2.03. The third-order valence-corrected chi connectivity index (χ3v) is 2.70. The van der Waals surface area contributed by atoms with Gasteiger partial charge in [0.05, 0.1) is 11.0 Å². The van der Waals surface area contributed by atoms with E-state index >= 15 is 0 Å². The molecule has 2 aromatic heterocycles. The van der Waals surface area contributed by atoms with Crippen LogP contribution in [-0.4, -0.2) is 9.97 Å². The van der Waals surface area contributed by atoms with Crippen molar-refractivity contribution in [3.05, 3.63) is 48.3 Å². The van der Waals surface area contributed by atoms with E-state index in [0.717, 1.165) is 11.0 Å². The lowest BCUT2D eigenvalue weighted by atomic mass is 10.1. The Kier molecular flexibility index (Phi) is 1.68. The van der Waals surface area contributed by atoms with Gasteiger partial charge in [-0.3, -0.25) is 9.97 Å². The van der Waals surface area contributed by atoms with Crippen molar-refractivity contribution >= 4 is 21.8 Å². The number of rotatable bonds is 0. The van der Waals surface area contributed by atoms with Gasteiger partial charge in [0.15, 0.2) is 0 Å². The molecule has 2 heterocycles. The largest absolute Gasteiger partial charge is 0.254 e. The van der Waals surface area contributed by atoms with E-state index in [1.54, 1.807) is 0 Å². The molecule has 0 spiro atoms. The van der Waals surface area contributed by atoms with Crippen LogP contribution < -0.4 is 0 Å². The van der Waals surface area contributed by atoms with Crippen molar-refractivity contribution < 1.29 is 0 Å². The van der Waals surface area contributed by atoms with Gasteiger partial charge in [-0.25, -0.2) is 0 Å². The third kappa shape index (κ3) is 1.18. The molecule has 0 aliphatic carbocycles. The second-order valence-electron chi connectivity index (χ2n) is 3.67. The molecule has 2 heteroatoms. The number of aryl methyl sites for hydroxylation is 1. The minimum Gasteiger partial charge on any atom is -0.254 e. The zero-order chi connectivity index (χ0) is 10.3. The van der Waals surface area contributed by atoms with Crippen LogP contribution in [0, 0.1) is 6.92 Å². The van der Waals surface area contributed by atoms with E-state index < -0.39 is 0 Å². The minimum absolute atomic E-state index is 0.954. The van der Waals surface area contributed by atoms with Gasteiger partial charge < -0.3 is 0 Å². The number of fused-ring (bicyclic) bond motifs is 3. The summed E-state index contributed by atoms with van der Waals surface area (Å²) < 4.78 is 0. The highest BCUT2D eigenvalue weighted by atomic mass is 14.7. The van der Waals surface area contributed by atoms with Crippen molar-refractivity contribution in [2.45, 2.75) is 6.92 Å². The molecular formula is C13H10N2. The summed E-state index contributed by atoms with van der Waals surface area (Å²) >= 11 is 0. The molecule has 0 amide bonds. The lowest BCUT2D eigenvalue weighted by Crippen LogP contribution is -1.86. The topological polar surface area (TPSA) is 25.8 Å². The van der Waals surface area contributed by atoms with Crippen LogP contribution in [0.2, 0.25) is 0 Å². The number of hydrogen-bond acceptors (Lipinski definition) is 2. The summed E-state index contributed by atoms with van der Waals surface area (Å²) in [6, 6.07) is 10.2. The molecule has 0 aliphatic rings. The maximum absolute atomic E-state index is 4.41. The number of aromatic nitrogens is 2. The predicted octanol–water partition coefficient (Wildman–Crippen LogP) is 3.09. The van der Waals surface area contributed by atoms with Gasteiger partial charge in [0.25, 0.3) is 0 Å². The molecule has 15 heavy (non-hydrogen) atoms. The molecule has 0 aliphatic heterocycles. The number of nitrogens with zero attached hydrogens (tertiary/aromatic N) is 2. The Balaban J connectivity index is 2.60. The molecule has 1 aromatic carbocycles. The van der Waals surface area contributed by atoms with Gasteiger partial charge in [0, 0.05) is 23.2 Å². The molecule has 0 fully saturated rings. The van der Waals surface area contributed by atoms with Gasteiger partial charge in [-0.05, 0) is 24.6 Å². The van der Waals surface area contributed by atoms with Gasteiger partial charge in [0.1, 0.15) is 0 Å². The van der Waals surface area contributed by atoms with Crippen LogP contribution in [0.25, 0.3) is 21.8 Å². The average molecular weight is 194 g/mol. The number of benzene rings is 1. The Morgan fingerprint density at radius 1 is 0.933 bits per heavy atom. The van der Waals surface area contributed by atoms with Crippen LogP contribution in [0.15, 0.2) is 42.7 Å². The van der Waals surface area contributed by atoms with Crippen LogP contribution in [0.4, 0.5) is 0 Å². The van der Waals surface area contributed by atoms with E-state index in [2.05, 4.69) is 35.1 Å². The SMILES string of the molecule is Cc1cccc2c1cnc1cccnc12. The van der Waals surface area contributed by atoms with E-state index in [1.165, 1.54) is 16.3 Å². The maximum atomic E-state index is 4.41. The van der Waals surface area contributed by atoms with Gasteiger partial charge in [-0.2, -0.15) is 0 Å². The van der Waals surface area contributed by atoms with Crippen molar-refractivity contribution in [1.82, 2.24) is 9.97 Å². The first kappa shape index (κ1) is 8.36. The fraction of sp³-hybridized carbons (Fsp3) is 0.0769. The summed E-state index contributed by atoms with van der Waals surface area (Å²) in [5, 5.41) is 2.37. The average Bonchev–Trinajstić information content (AvgIpc) is 2.29. The lowest BCUT2D eigenvalue weighted by molar-refractivity contribution is 1.35. The van der Waals surface area contributed by atoms with Gasteiger partial charge >= 0.3 is 0 Å². The normalized spacial score (nSPS) is 11.0. The molecular weight excluding hydrogens is 184 g/mol. The van der Waals surface area contributed by atoms with Crippen molar-refractivity contribution in [1.29, 1.82) is 0 Å². The van der Waals surface area contributed by atoms with Gasteiger partial charge in [-0.1, -0.05) is 18.2 Å². The zero-order valence-electron chi connectivity index (χ0n) is 8.44. The fourth-order valence-electron chi connectivity index (χ4n) is 1.90. The summed E-state index contributed by atoms with van der Waals surface area (Å²) in [7, 11) is 0. The second-order valence-corrected chi connectivity index (χ2v) is 3.67. The molecule has 0 unspecified atom stereocenters. The van der Waals surface area contributed by atoms with Gasteiger partial charge in [-0.15, -0.1) is 0 Å². The Morgan fingerprint density at radius 2 is 1.87 bits per heavy atom. The summed E-state index contributed by atoms with van der Waals surface area (Å²) in [6.45, 7) is 2.10. The maximum Gasteiger partial charge on any atom is 0.0965 e. The first-order chi connectivity index (χ1) is 7.36. The second kappa shape index (κ2) is 3.02. The standard InChI is InChI=1S/C13H10N2/c1-9-4-2-5-10-11(9)8-15-12-6-3-7-14-13(10)12/h2-8H,1H3. The number of pyridine rings is 2. The monoisotopic (exact) mass is 194 g/mol. The van der Waals surface area contributed by atoms with Crippen LogP contribution in [0.1, 0.15) is 5.56 Å². The summed E-state index contributed by atoms with van der Waals surface area (Å²) in [5.41, 5.74) is 3.18. The zero-order valence-corrected chi connectivity index (χ0v) is 8.44. The molecule has 2 nitrogen and oxygen atoms in total. The van der Waals surface area contributed by atoms with Crippen molar-refractivity contribution in [2.24, 2.45) is 0 Å². The molecule has 3 rings (SSSR count). The summed E-state index contributed by atoms with van der Waals surface area (Å²) in [5.74, 6) is 0. The molecule has 0 saturated heterocycles. The Bertz CT molecular complexity index is 644. The predicted molar refractivity (Wildman–Crippen MR) is 61.8 cm³/mol. The Morgan fingerprint density at radius 3 is 2.80 bits per heavy atom. The molecule has 0 atom stereocenters. The highest BCUT2D eigenvalue weighted by molar-refractivity contribution is 6.03. The third-order valence-electron chi connectivity index (χ3n) is 2.70. The summed E-state index contributed by atoms with van der Waals surface area (Å²) in [6.07, 6.45) is 3.74. The van der Waals surface area contributed by atoms with E-state index in [1.807, 2.05) is 24.5 Å². The van der Waals surface area contributed by atoms with Crippen LogP contribution in [-0.2, 0) is 0 Å². The Labute approximate surface area is 87.6 Å². The fourth-order valence-corrected chi connectivity index (χ4v) is 1.90. The summed E-state index contributed by atoms with van der Waals surface area (Å²) in [4.78, 5) is 8.80. The van der Waals surface area contributed by atoms with Crippen molar-refractivity contribution in [3.63, 3.8) is 0 Å². The van der Waals surface area contributed by atoms with Gasteiger partial charge in [0.2, 0.25) is 0 Å². The van der Waals surface area contributed by atoms with Crippen LogP contribution >= 0.6 is 0 Å². The van der Waals surface area contributed by atoms with Crippen molar-refractivity contribution in [2.75, 3.05) is 0 Å². The van der Waals surface area contributed by atoms with Crippen molar-refractivity contribution in [3.8, 4) is 0 Å². The van der Waals surface area contributed by atoms with Crippen LogP contribution in [0.5, 0.6) is 0 Å². The van der Waals surface area contributed by atoms with E-state index in [0.29, 0.717) is 0 Å². The quantitative estimate of drug-likeness (QED) is 0.514. The Hall–Kier alpha value is -1.96. The van der Waals surface area contributed by atoms with E-state index in [-0.39, 0.29) is 0 Å². The first-order valence-corrected chi connectivity index (χ1v) is 4.95. The smallest absolute Gasteiger partial charge is 0.0965 e. The van der Waals surface area contributed by atoms with E-state index in [4.69, 9.17) is 0 Å². The molecule has 0 radical (unpaired) electrons. The minimum atomic E-state index is 0.954. The highest BCUT2D eigenvalue weighted by Crippen LogP contribution is 2.23. The molecule has 0 bridgehead atoms. The molecule has 0 N–H and O–H groups in total. The van der Waals surface area contributed by atoms with E-state index in [9.17, 15) is 0 Å². The van der Waals surface area contributed by atoms with Crippen LogP contribution in [0.3, 0.4) is 0 Å². The molecule has 3 aromatic rings. The molecule has 72 valence electrons. The first-order valence-electron chi connectivity index (χ1n) is 4.95.